The molecule has 6 heteroatoms. The van der Waals surface area contributed by atoms with Crippen LogP contribution in [0.15, 0.2) is 0 Å². The van der Waals surface area contributed by atoms with Crippen LogP contribution in [-0.4, -0.2) is 43.3 Å². The molecule has 1 amide bonds. The normalized spacial score (nSPS) is 24.1. The first kappa shape index (κ1) is 15.3. The van der Waals surface area contributed by atoms with Gasteiger partial charge in [0.05, 0.1) is 5.92 Å². The molecule has 0 aromatic rings. The zero-order chi connectivity index (χ0) is 14.0. The fourth-order valence-corrected chi connectivity index (χ4v) is 2.46. The number of amides is 1. The van der Waals surface area contributed by atoms with Crippen LogP contribution in [0.3, 0.4) is 0 Å². The van der Waals surface area contributed by atoms with E-state index in [9.17, 15) is 18.0 Å². The highest BCUT2D eigenvalue weighted by atomic mass is 19.4. The van der Waals surface area contributed by atoms with E-state index in [-0.39, 0.29) is 32.0 Å². The first-order valence-electron chi connectivity index (χ1n) is 6.10. The Morgan fingerprint density at radius 2 is 2.06 bits per heavy atom. The molecule has 106 valence electrons. The maximum Gasteiger partial charge on any atom is 0.392 e. The lowest BCUT2D eigenvalue weighted by molar-refractivity contribution is -0.217. The van der Waals surface area contributed by atoms with Crippen LogP contribution in [0.1, 0.15) is 27.2 Å². The summed E-state index contributed by atoms with van der Waals surface area (Å²) in [5.41, 5.74) is -0.946. The van der Waals surface area contributed by atoms with E-state index >= 15 is 0 Å². The van der Waals surface area contributed by atoms with E-state index in [1.165, 1.54) is 4.90 Å². The Bertz CT molecular complexity index is 302. The molecule has 1 atom stereocenters. The van der Waals surface area contributed by atoms with Gasteiger partial charge in [0.15, 0.2) is 0 Å². The molecular weight excluding hydrogens is 247 g/mol. The van der Waals surface area contributed by atoms with Crippen LogP contribution in [0, 0.1) is 11.3 Å². The van der Waals surface area contributed by atoms with E-state index in [1.54, 1.807) is 20.8 Å². The van der Waals surface area contributed by atoms with Gasteiger partial charge in [-0.2, -0.15) is 13.2 Å². The maximum absolute atomic E-state index is 12.8. The van der Waals surface area contributed by atoms with Crippen LogP contribution in [-0.2, 0) is 9.53 Å². The number of likely N-dealkylation sites (tertiary alicyclic amines) is 1. The van der Waals surface area contributed by atoms with Crippen molar-refractivity contribution in [3.63, 3.8) is 0 Å². The summed E-state index contributed by atoms with van der Waals surface area (Å²) in [7, 11) is 0. The van der Waals surface area contributed by atoms with Crippen molar-refractivity contribution < 1.29 is 22.7 Å². The summed E-state index contributed by atoms with van der Waals surface area (Å²) >= 11 is 0. The molecule has 0 aromatic heterocycles. The number of alkyl halides is 3. The van der Waals surface area contributed by atoms with E-state index in [1.807, 2.05) is 0 Å². The second-order valence-electron chi connectivity index (χ2n) is 5.32. The van der Waals surface area contributed by atoms with Gasteiger partial charge in [-0.15, -0.1) is 0 Å². The number of carbonyl (C=O) groups is 1. The zero-order valence-corrected chi connectivity index (χ0v) is 11.0. The van der Waals surface area contributed by atoms with Crippen LogP contribution in [0.5, 0.6) is 0 Å². The largest absolute Gasteiger partial charge is 0.392 e. The van der Waals surface area contributed by atoms with Crippen molar-refractivity contribution in [1.29, 1.82) is 0 Å². The lowest BCUT2D eigenvalue weighted by Crippen LogP contribution is -2.53. The number of ether oxygens (including phenoxy) is 1. The SMILES string of the molecule is CCOCC(=O)N1CC[C@H](C(F)(F)F)C(C)(C)C1. The van der Waals surface area contributed by atoms with Crippen molar-refractivity contribution in [1.82, 2.24) is 4.90 Å². The number of piperidine rings is 1. The van der Waals surface area contributed by atoms with Gasteiger partial charge >= 0.3 is 6.18 Å². The van der Waals surface area contributed by atoms with Gasteiger partial charge in [0.2, 0.25) is 5.91 Å². The molecule has 1 rings (SSSR count). The summed E-state index contributed by atoms with van der Waals surface area (Å²) in [6.45, 7) is 5.55. The Morgan fingerprint density at radius 1 is 1.44 bits per heavy atom. The van der Waals surface area contributed by atoms with E-state index in [2.05, 4.69) is 0 Å². The van der Waals surface area contributed by atoms with Gasteiger partial charge in [0, 0.05) is 19.7 Å². The number of hydrogen-bond acceptors (Lipinski definition) is 2. The smallest absolute Gasteiger partial charge is 0.372 e. The topological polar surface area (TPSA) is 29.5 Å². The Morgan fingerprint density at radius 3 is 2.50 bits per heavy atom. The van der Waals surface area contributed by atoms with Crippen molar-refractivity contribution in [2.75, 3.05) is 26.3 Å². The molecule has 1 heterocycles. The van der Waals surface area contributed by atoms with Crippen molar-refractivity contribution in [2.24, 2.45) is 11.3 Å². The van der Waals surface area contributed by atoms with Gasteiger partial charge in [0.25, 0.3) is 0 Å². The lowest BCUT2D eigenvalue weighted by atomic mass is 9.73. The third kappa shape index (κ3) is 3.60. The van der Waals surface area contributed by atoms with Crippen LogP contribution in [0.25, 0.3) is 0 Å². The van der Waals surface area contributed by atoms with Gasteiger partial charge in [-0.25, -0.2) is 0 Å². The molecular formula is C12H20F3NO2. The quantitative estimate of drug-likeness (QED) is 0.786. The van der Waals surface area contributed by atoms with Crippen LogP contribution < -0.4 is 0 Å². The summed E-state index contributed by atoms with van der Waals surface area (Å²) in [6.07, 6.45) is -4.23. The predicted octanol–water partition coefficient (Wildman–Crippen LogP) is 2.46. The molecule has 0 unspecified atom stereocenters. The molecule has 0 spiro atoms. The minimum atomic E-state index is -4.20. The Labute approximate surface area is 105 Å². The second kappa shape index (κ2) is 5.47. The number of carbonyl (C=O) groups excluding carboxylic acids is 1. The van der Waals surface area contributed by atoms with E-state index in [0.717, 1.165) is 0 Å². The number of hydrogen-bond donors (Lipinski definition) is 0. The first-order chi connectivity index (χ1) is 8.18. The highest BCUT2D eigenvalue weighted by Crippen LogP contribution is 2.44. The molecule has 0 N–H and O–H groups in total. The summed E-state index contributed by atoms with van der Waals surface area (Å²) < 4.78 is 43.5. The zero-order valence-electron chi connectivity index (χ0n) is 11.0. The van der Waals surface area contributed by atoms with E-state index in [4.69, 9.17) is 4.74 Å². The van der Waals surface area contributed by atoms with E-state index < -0.39 is 17.5 Å². The summed E-state index contributed by atoms with van der Waals surface area (Å²) in [4.78, 5) is 13.2. The lowest BCUT2D eigenvalue weighted by Gasteiger charge is -2.44. The van der Waals surface area contributed by atoms with Gasteiger partial charge in [0.1, 0.15) is 6.61 Å². The molecule has 1 fully saturated rings. The molecule has 3 nitrogen and oxygen atoms in total. The molecule has 0 saturated carbocycles. The highest BCUT2D eigenvalue weighted by Gasteiger charge is 2.51. The molecule has 18 heavy (non-hydrogen) atoms. The average Bonchev–Trinajstić information content (AvgIpc) is 2.22. The molecule has 1 saturated heterocycles. The van der Waals surface area contributed by atoms with Crippen LogP contribution >= 0.6 is 0 Å². The predicted molar refractivity (Wildman–Crippen MR) is 61.0 cm³/mol. The number of nitrogens with zero attached hydrogens (tertiary/aromatic N) is 1. The summed E-state index contributed by atoms with van der Waals surface area (Å²) in [5.74, 6) is -1.58. The summed E-state index contributed by atoms with van der Waals surface area (Å²) in [6, 6.07) is 0. The highest BCUT2D eigenvalue weighted by molar-refractivity contribution is 5.77. The number of halogens is 3. The van der Waals surface area contributed by atoms with Gasteiger partial charge in [-0.1, -0.05) is 13.8 Å². The molecule has 0 aliphatic carbocycles. The second-order valence-corrected chi connectivity index (χ2v) is 5.32. The van der Waals surface area contributed by atoms with Gasteiger partial charge in [-0.05, 0) is 18.8 Å². The van der Waals surface area contributed by atoms with E-state index in [0.29, 0.717) is 6.61 Å². The minimum absolute atomic E-state index is 0.0334. The Kier molecular flexibility index (Phi) is 4.64. The average molecular weight is 267 g/mol. The fraction of sp³-hybridized carbons (Fsp3) is 0.917. The third-order valence-electron chi connectivity index (χ3n) is 3.41. The molecule has 0 radical (unpaired) electrons. The number of rotatable bonds is 3. The van der Waals surface area contributed by atoms with Gasteiger partial charge in [-0.3, -0.25) is 4.79 Å². The molecule has 0 aromatic carbocycles. The third-order valence-corrected chi connectivity index (χ3v) is 3.41. The standard InChI is InChI=1S/C12H20F3NO2/c1-4-18-7-10(17)16-6-5-9(12(13,14)15)11(2,3)8-16/h9H,4-8H2,1-3H3/t9-/m0/s1. The Hall–Kier alpha value is -0.780. The maximum atomic E-state index is 12.8. The van der Waals surface area contributed by atoms with Crippen molar-refractivity contribution in [3.8, 4) is 0 Å². The Balaban J connectivity index is 2.65. The van der Waals surface area contributed by atoms with Crippen molar-refractivity contribution >= 4 is 5.91 Å². The first-order valence-corrected chi connectivity index (χ1v) is 6.10. The molecule has 1 aliphatic rings. The minimum Gasteiger partial charge on any atom is -0.372 e. The van der Waals surface area contributed by atoms with Gasteiger partial charge < -0.3 is 9.64 Å². The van der Waals surface area contributed by atoms with Crippen molar-refractivity contribution in [3.05, 3.63) is 0 Å². The van der Waals surface area contributed by atoms with Crippen LogP contribution in [0.4, 0.5) is 13.2 Å². The molecule has 0 bridgehead atoms. The van der Waals surface area contributed by atoms with Crippen molar-refractivity contribution in [2.45, 2.75) is 33.4 Å². The monoisotopic (exact) mass is 267 g/mol. The molecule has 1 aliphatic heterocycles. The summed E-state index contributed by atoms with van der Waals surface area (Å²) in [5, 5.41) is 0. The van der Waals surface area contributed by atoms with Crippen LogP contribution in [0.2, 0.25) is 0 Å². The fourth-order valence-electron chi connectivity index (χ4n) is 2.46.